The van der Waals surface area contributed by atoms with Crippen LogP contribution in [0.3, 0.4) is 0 Å². The first-order valence-electron chi connectivity index (χ1n) is 4.91. The maximum atomic E-state index is 5.92. The Balaban J connectivity index is 1.94. The Morgan fingerprint density at radius 3 is 3.13 bits per heavy atom. The quantitative estimate of drug-likeness (QED) is 0.801. The fourth-order valence-corrected chi connectivity index (χ4v) is 1.91. The highest BCUT2D eigenvalue weighted by Crippen LogP contribution is 2.19. The third-order valence-corrected chi connectivity index (χ3v) is 2.85. The molecule has 0 amide bonds. The van der Waals surface area contributed by atoms with Crippen molar-refractivity contribution in [3.63, 3.8) is 0 Å². The minimum Gasteiger partial charge on any atom is -0.367 e. The molecule has 1 aromatic heterocycles. The van der Waals surface area contributed by atoms with E-state index in [0.717, 1.165) is 13.1 Å². The molecule has 2 N–H and O–H groups in total. The maximum absolute atomic E-state index is 5.92. The van der Waals surface area contributed by atoms with Gasteiger partial charge in [0.2, 0.25) is 5.28 Å². The molecule has 1 aliphatic heterocycles. The van der Waals surface area contributed by atoms with E-state index < -0.39 is 0 Å². The summed E-state index contributed by atoms with van der Waals surface area (Å²) in [5, 5.41) is 7.25. The fraction of sp³-hybridized carbons (Fsp3) is 0.556. The number of nitrogens with one attached hydrogen (secondary N) is 2. The lowest BCUT2D eigenvalue weighted by atomic mass is 10.2. The summed E-state index contributed by atoms with van der Waals surface area (Å²) in [4.78, 5) is 7.80. The van der Waals surface area contributed by atoms with E-state index in [1.165, 1.54) is 19.0 Å². The molecule has 0 saturated carbocycles. The predicted octanol–water partition coefficient (Wildman–Crippen LogP) is 1.95. The van der Waals surface area contributed by atoms with Crippen molar-refractivity contribution in [1.82, 2.24) is 15.3 Å². The summed E-state index contributed by atoms with van der Waals surface area (Å²) in [7, 11) is 0. The second-order valence-electron chi connectivity index (χ2n) is 3.51. The summed E-state index contributed by atoms with van der Waals surface area (Å²) in [6, 6.07) is 0.495. The van der Waals surface area contributed by atoms with Gasteiger partial charge in [-0.25, -0.2) is 4.98 Å². The molecule has 2 heterocycles. The topological polar surface area (TPSA) is 49.8 Å². The second-order valence-corrected chi connectivity index (χ2v) is 4.26. The van der Waals surface area contributed by atoms with Gasteiger partial charge in [0.1, 0.15) is 10.8 Å². The number of halogens is 2. The van der Waals surface area contributed by atoms with Crippen LogP contribution in [0.5, 0.6) is 0 Å². The molecular formula is C9H12Cl2N4. The first-order valence-corrected chi connectivity index (χ1v) is 5.66. The summed E-state index contributed by atoms with van der Waals surface area (Å²) in [6.45, 7) is 1.90. The van der Waals surface area contributed by atoms with Gasteiger partial charge in [-0.05, 0) is 31.0 Å². The molecule has 0 spiro atoms. The third-order valence-electron chi connectivity index (χ3n) is 2.39. The predicted molar refractivity (Wildman–Crippen MR) is 61.6 cm³/mol. The summed E-state index contributed by atoms with van der Waals surface area (Å²) in [5.74, 6) is 0.602. The smallest absolute Gasteiger partial charge is 0.224 e. The van der Waals surface area contributed by atoms with E-state index >= 15 is 0 Å². The van der Waals surface area contributed by atoms with Gasteiger partial charge >= 0.3 is 0 Å². The Morgan fingerprint density at radius 1 is 1.53 bits per heavy atom. The average molecular weight is 247 g/mol. The van der Waals surface area contributed by atoms with Crippen molar-refractivity contribution < 1.29 is 0 Å². The molecule has 0 aromatic carbocycles. The first kappa shape index (κ1) is 10.9. The van der Waals surface area contributed by atoms with Gasteiger partial charge in [-0.2, -0.15) is 4.98 Å². The molecule has 1 fully saturated rings. The summed E-state index contributed by atoms with van der Waals surface area (Å²) in [6.07, 6.45) is 3.91. The zero-order valence-electron chi connectivity index (χ0n) is 8.13. The largest absolute Gasteiger partial charge is 0.367 e. The highest BCUT2D eigenvalue weighted by molar-refractivity contribution is 6.33. The lowest BCUT2D eigenvalue weighted by Crippen LogP contribution is -2.29. The molecule has 1 aliphatic rings. The van der Waals surface area contributed by atoms with Gasteiger partial charge in [0.05, 0.1) is 6.20 Å². The number of aromatic nitrogens is 2. The maximum Gasteiger partial charge on any atom is 0.224 e. The molecule has 0 unspecified atom stereocenters. The van der Waals surface area contributed by atoms with Crippen LogP contribution in [-0.2, 0) is 0 Å². The van der Waals surface area contributed by atoms with E-state index in [-0.39, 0.29) is 5.28 Å². The third kappa shape index (κ3) is 2.93. The van der Waals surface area contributed by atoms with Crippen molar-refractivity contribution in [2.75, 3.05) is 18.4 Å². The summed E-state index contributed by atoms with van der Waals surface area (Å²) in [5.41, 5.74) is 0. The van der Waals surface area contributed by atoms with Crippen LogP contribution in [0, 0.1) is 0 Å². The highest BCUT2D eigenvalue weighted by atomic mass is 35.5. The van der Waals surface area contributed by atoms with Gasteiger partial charge < -0.3 is 10.6 Å². The van der Waals surface area contributed by atoms with Crippen LogP contribution < -0.4 is 10.6 Å². The molecule has 82 valence electrons. The Hall–Kier alpha value is -0.580. The molecular weight excluding hydrogens is 235 g/mol. The minimum absolute atomic E-state index is 0.210. The van der Waals surface area contributed by atoms with Crippen LogP contribution in [0.1, 0.15) is 12.8 Å². The summed E-state index contributed by atoms with van der Waals surface area (Å²) < 4.78 is 0. The van der Waals surface area contributed by atoms with Crippen molar-refractivity contribution in [3.8, 4) is 0 Å². The Bertz CT molecular complexity index is 339. The van der Waals surface area contributed by atoms with Crippen molar-refractivity contribution in [3.05, 3.63) is 16.5 Å². The van der Waals surface area contributed by atoms with Crippen LogP contribution in [0.15, 0.2) is 6.20 Å². The SMILES string of the molecule is Clc1ncc(Cl)c(NC[C@H]2CCCN2)n1. The molecule has 6 heteroatoms. The molecule has 15 heavy (non-hydrogen) atoms. The van der Waals surface area contributed by atoms with E-state index in [2.05, 4.69) is 20.6 Å². The van der Waals surface area contributed by atoms with Crippen LogP contribution >= 0.6 is 23.2 Å². The van der Waals surface area contributed by atoms with E-state index in [9.17, 15) is 0 Å². The van der Waals surface area contributed by atoms with Crippen LogP contribution in [0.4, 0.5) is 5.82 Å². The molecule has 0 radical (unpaired) electrons. The number of rotatable bonds is 3. The molecule has 1 aromatic rings. The Kier molecular flexibility index (Phi) is 3.61. The fourth-order valence-electron chi connectivity index (χ4n) is 1.62. The van der Waals surface area contributed by atoms with E-state index in [4.69, 9.17) is 23.2 Å². The van der Waals surface area contributed by atoms with E-state index in [1.54, 1.807) is 0 Å². The van der Waals surface area contributed by atoms with E-state index in [0.29, 0.717) is 16.9 Å². The number of hydrogen-bond donors (Lipinski definition) is 2. The normalized spacial score (nSPS) is 20.5. The summed E-state index contributed by atoms with van der Waals surface area (Å²) >= 11 is 11.6. The molecule has 2 rings (SSSR count). The Morgan fingerprint density at radius 2 is 2.40 bits per heavy atom. The molecule has 0 bridgehead atoms. The van der Waals surface area contributed by atoms with Crippen LogP contribution in [-0.4, -0.2) is 29.1 Å². The number of anilines is 1. The van der Waals surface area contributed by atoms with Gasteiger partial charge in [0.15, 0.2) is 0 Å². The monoisotopic (exact) mass is 246 g/mol. The van der Waals surface area contributed by atoms with Crippen LogP contribution in [0.2, 0.25) is 10.3 Å². The lowest BCUT2D eigenvalue weighted by Gasteiger charge is -2.12. The van der Waals surface area contributed by atoms with Crippen molar-refractivity contribution in [2.24, 2.45) is 0 Å². The van der Waals surface area contributed by atoms with Crippen molar-refractivity contribution in [1.29, 1.82) is 0 Å². The number of nitrogens with zero attached hydrogens (tertiary/aromatic N) is 2. The molecule has 1 saturated heterocycles. The Labute approximate surface area is 98.4 Å². The van der Waals surface area contributed by atoms with Crippen molar-refractivity contribution >= 4 is 29.0 Å². The molecule has 4 nitrogen and oxygen atoms in total. The first-order chi connectivity index (χ1) is 7.25. The van der Waals surface area contributed by atoms with E-state index in [1.807, 2.05) is 0 Å². The second kappa shape index (κ2) is 4.96. The molecule has 0 aliphatic carbocycles. The van der Waals surface area contributed by atoms with Crippen molar-refractivity contribution in [2.45, 2.75) is 18.9 Å². The van der Waals surface area contributed by atoms with Gasteiger partial charge in [-0.3, -0.25) is 0 Å². The molecule has 1 atom stereocenters. The zero-order valence-corrected chi connectivity index (χ0v) is 9.65. The van der Waals surface area contributed by atoms with Gasteiger partial charge in [-0.15, -0.1) is 0 Å². The van der Waals surface area contributed by atoms with Gasteiger partial charge in [0.25, 0.3) is 0 Å². The standard InChI is InChI=1S/C9H12Cl2N4/c10-7-5-14-9(11)15-8(7)13-4-6-2-1-3-12-6/h5-6,12H,1-4H2,(H,13,14,15)/t6-/m1/s1. The zero-order chi connectivity index (χ0) is 10.7. The van der Waals surface area contributed by atoms with Gasteiger partial charge in [-0.1, -0.05) is 11.6 Å². The van der Waals surface area contributed by atoms with Gasteiger partial charge in [0, 0.05) is 12.6 Å². The lowest BCUT2D eigenvalue weighted by molar-refractivity contribution is 0.632. The minimum atomic E-state index is 0.210. The number of hydrogen-bond acceptors (Lipinski definition) is 4. The van der Waals surface area contributed by atoms with Crippen LogP contribution in [0.25, 0.3) is 0 Å². The highest BCUT2D eigenvalue weighted by Gasteiger charge is 2.14. The average Bonchev–Trinajstić information content (AvgIpc) is 2.72.